The second-order valence-corrected chi connectivity index (χ2v) is 6.05. The van der Waals surface area contributed by atoms with Gasteiger partial charge in [0.05, 0.1) is 6.61 Å². The molecule has 1 rings (SSSR count). The van der Waals surface area contributed by atoms with Gasteiger partial charge in [-0.1, -0.05) is 58.0 Å². The fraction of sp³-hybridized carbons (Fsp3) is 0.647. The molecule has 114 valence electrons. The van der Waals surface area contributed by atoms with Crippen LogP contribution in [0, 0.1) is 0 Å². The predicted octanol–water partition coefficient (Wildman–Crippen LogP) is 2.26. The Morgan fingerprint density at radius 2 is 1.90 bits per heavy atom. The zero-order valence-corrected chi connectivity index (χ0v) is 13.4. The molecular weight excluding hydrogens is 248 g/mol. The number of nitrogens with one attached hydrogen (secondary N) is 1. The van der Waals surface area contributed by atoms with Gasteiger partial charge in [0, 0.05) is 31.1 Å². The molecule has 3 heteroatoms. The van der Waals surface area contributed by atoms with Crippen LogP contribution in [0.2, 0.25) is 0 Å². The lowest BCUT2D eigenvalue weighted by atomic mass is 9.81. The summed E-state index contributed by atoms with van der Waals surface area (Å²) in [6.07, 6.45) is 0. The van der Waals surface area contributed by atoms with E-state index < -0.39 is 0 Å². The molecule has 3 nitrogen and oxygen atoms in total. The molecule has 1 unspecified atom stereocenters. The van der Waals surface area contributed by atoms with Gasteiger partial charge in [-0.25, -0.2) is 0 Å². The van der Waals surface area contributed by atoms with Crippen LogP contribution >= 0.6 is 0 Å². The minimum absolute atomic E-state index is 0.0523. The van der Waals surface area contributed by atoms with Gasteiger partial charge in [-0.05, 0) is 12.1 Å². The second-order valence-electron chi connectivity index (χ2n) is 6.05. The van der Waals surface area contributed by atoms with E-state index in [1.165, 1.54) is 5.56 Å². The summed E-state index contributed by atoms with van der Waals surface area (Å²) in [4.78, 5) is 2.31. The summed E-state index contributed by atoms with van der Waals surface area (Å²) >= 11 is 0. The van der Waals surface area contributed by atoms with Crippen molar-refractivity contribution in [1.82, 2.24) is 10.2 Å². The number of hydrogen-bond acceptors (Lipinski definition) is 3. The molecule has 1 aromatic carbocycles. The summed E-state index contributed by atoms with van der Waals surface area (Å²) < 4.78 is 0. The SMILES string of the molecule is CCN(CCO)CC(C)(CNC(C)C)c1ccccc1. The van der Waals surface area contributed by atoms with Gasteiger partial charge in [-0.2, -0.15) is 0 Å². The quantitative estimate of drug-likeness (QED) is 0.727. The molecule has 0 amide bonds. The van der Waals surface area contributed by atoms with E-state index in [0.717, 1.165) is 26.2 Å². The molecule has 1 aromatic rings. The summed E-state index contributed by atoms with van der Waals surface area (Å²) in [7, 11) is 0. The Kier molecular flexibility index (Phi) is 7.20. The minimum Gasteiger partial charge on any atom is -0.395 e. The van der Waals surface area contributed by atoms with Crippen LogP contribution in [0.1, 0.15) is 33.3 Å². The summed E-state index contributed by atoms with van der Waals surface area (Å²) in [5.41, 5.74) is 1.40. The summed E-state index contributed by atoms with van der Waals surface area (Å²) in [6, 6.07) is 11.1. The Labute approximate surface area is 124 Å². The Hall–Kier alpha value is -0.900. The highest BCUT2D eigenvalue weighted by Crippen LogP contribution is 2.24. The van der Waals surface area contributed by atoms with E-state index in [1.54, 1.807) is 0 Å². The number of likely N-dealkylation sites (N-methyl/N-ethyl adjacent to an activating group) is 1. The van der Waals surface area contributed by atoms with Crippen LogP contribution in [0.5, 0.6) is 0 Å². The second kappa shape index (κ2) is 8.40. The zero-order valence-electron chi connectivity index (χ0n) is 13.4. The average molecular weight is 278 g/mol. The highest BCUT2D eigenvalue weighted by atomic mass is 16.3. The van der Waals surface area contributed by atoms with Gasteiger partial charge in [0.15, 0.2) is 0 Å². The van der Waals surface area contributed by atoms with Crippen molar-refractivity contribution in [2.45, 2.75) is 39.2 Å². The van der Waals surface area contributed by atoms with Crippen molar-refractivity contribution in [2.75, 3.05) is 32.8 Å². The fourth-order valence-corrected chi connectivity index (χ4v) is 2.50. The van der Waals surface area contributed by atoms with Crippen molar-refractivity contribution < 1.29 is 5.11 Å². The molecule has 1 atom stereocenters. The molecule has 0 spiro atoms. The Morgan fingerprint density at radius 1 is 1.25 bits per heavy atom. The first kappa shape index (κ1) is 17.2. The van der Waals surface area contributed by atoms with Gasteiger partial charge in [-0.3, -0.25) is 0 Å². The molecule has 0 aliphatic rings. The summed E-state index contributed by atoms with van der Waals surface area (Å²) in [5, 5.41) is 12.8. The molecule has 0 radical (unpaired) electrons. The maximum absolute atomic E-state index is 9.20. The van der Waals surface area contributed by atoms with Crippen LogP contribution in [0.4, 0.5) is 0 Å². The monoisotopic (exact) mass is 278 g/mol. The van der Waals surface area contributed by atoms with Crippen molar-refractivity contribution in [3.8, 4) is 0 Å². The van der Waals surface area contributed by atoms with E-state index >= 15 is 0 Å². The lowest BCUT2D eigenvalue weighted by Gasteiger charge is -2.36. The number of hydrogen-bond donors (Lipinski definition) is 2. The molecule has 0 aromatic heterocycles. The molecule has 0 saturated heterocycles. The van der Waals surface area contributed by atoms with E-state index in [0.29, 0.717) is 6.04 Å². The third kappa shape index (κ3) is 5.23. The predicted molar refractivity (Wildman–Crippen MR) is 86.1 cm³/mol. The van der Waals surface area contributed by atoms with Gasteiger partial charge in [0.2, 0.25) is 0 Å². The van der Waals surface area contributed by atoms with Crippen LogP contribution in [0.25, 0.3) is 0 Å². The third-order valence-corrected chi connectivity index (χ3v) is 3.81. The molecule has 20 heavy (non-hydrogen) atoms. The number of aliphatic hydroxyl groups is 1. The molecule has 0 fully saturated rings. The van der Waals surface area contributed by atoms with Crippen molar-refractivity contribution in [3.05, 3.63) is 35.9 Å². The Balaban J connectivity index is 2.88. The minimum atomic E-state index is 0.0523. The molecule has 0 bridgehead atoms. The molecule has 0 heterocycles. The number of rotatable bonds is 9. The highest BCUT2D eigenvalue weighted by Gasteiger charge is 2.28. The summed E-state index contributed by atoms with van der Waals surface area (Å²) in [5.74, 6) is 0. The lowest BCUT2D eigenvalue weighted by Crippen LogP contribution is -2.47. The van der Waals surface area contributed by atoms with Gasteiger partial charge in [0.1, 0.15) is 0 Å². The van der Waals surface area contributed by atoms with Crippen LogP contribution in [0.15, 0.2) is 30.3 Å². The molecule has 0 saturated carbocycles. The standard InChI is InChI=1S/C17H30N2O/c1-5-19(11-12-20)14-17(4,13-18-15(2)3)16-9-7-6-8-10-16/h6-10,15,18,20H,5,11-14H2,1-4H3. The van der Waals surface area contributed by atoms with Crippen molar-refractivity contribution in [3.63, 3.8) is 0 Å². The normalized spacial score (nSPS) is 14.8. The Morgan fingerprint density at radius 3 is 2.40 bits per heavy atom. The van der Waals surface area contributed by atoms with Gasteiger partial charge in [-0.15, -0.1) is 0 Å². The molecule has 0 aliphatic carbocycles. The third-order valence-electron chi connectivity index (χ3n) is 3.81. The van der Waals surface area contributed by atoms with Crippen LogP contribution in [-0.2, 0) is 5.41 Å². The molecule has 0 aliphatic heterocycles. The smallest absolute Gasteiger partial charge is 0.0558 e. The zero-order chi connectivity index (χ0) is 15.0. The largest absolute Gasteiger partial charge is 0.395 e. The molecule has 2 N–H and O–H groups in total. The summed E-state index contributed by atoms with van der Waals surface area (Å²) in [6.45, 7) is 12.6. The van der Waals surface area contributed by atoms with Crippen LogP contribution in [-0.4, -0.2) is 48.8 Å². The first-order valence-corrected chi connectivity index (χ1v) is 7.64. The van der Waals surface area contributed by atoms with Gasteiger partial charge >= 0.3 is 0 Å². The maximum atomic E-state index is 9.20. The fourth-order valence-electron chi connectivity index (χ4n) is 2.50. The highest BCUT2D eigenvalue weighted by molar-refractivity contribution is 5.25. The topological polar surface area (TPSA) is 35.5 Å². The number of aliphatic hydroxyl groups excluding tert-OH is 1. The first-order valence-electron chi connectivity index (χ1n) is 7.64. The van der Waals surface area contributed by atoms with Gasteiger partial charge < -0.3 is 15.3 Å². The van der Waals surface area contributed by atoms with E-state index in [9.17, 15) is 5.11 Å². The average Bonchev–Trinajstić information content (AvgIpc) is 2.45. The van der Waals surface area contributed by atoms with Crippen LogP contribution in [0.3, 0.4) is 0 Å². The maximum Gasteiger partial charge on any atom is 0.0558 e. The van der Waals surface area contributed by atoms with Crippen molar-refractivity contribution in [2.24, 2.45) is 0 Å². The van der Waals surface area contributed by atoms with Gasteiger partial charge in [0.25, 0.3) is 0 Å². The van der Waals surface area contributed by atoms with E-state index in [-0.39, 0.29) is 12.0 Å². The lowest BCUT2D eigenvalue weighted by molar-refractivity contribution is 0.170. The van der Waals surface area contributed by atoms with Crippen LogP contribution < -0.4 is 5.32 Å². The Bertz CT molecular complexity index is 367. The molecular formula is C17H30N2O. The first-order chi connectivity index (χ1) is 9.51. The van der Waals surface area contributed by atoms with E-state index in [4.69, 9.17) is 0 Å². The van der Waals surface area contributed by atoms with E-state index in [2.05, 4.69) is 68.2 Å². The van der Waals surface area contributed by atoms with Crippen molar-refractivity contribution >= 4 is 0 Å². The number of nitrogens with zero attached hydrogens (tertiary/aromatic N) is 1. The number of benzene rings is 1. The van der Waals surface area contributed by atoms with E-state index in [1.807, 2.05) is 0 Å². The van der Waals surface area contributed by atoms with Crippen molar-refractivity contribution in [1.29, 1.82) is 0 Å².